The van der Waals surface area contributed by atoms with Crippen molar-refractivity contribution in [1.29, 1.82) is 0 Å². The molecule has 2 rings (SSSR count). The molecule has 3 N–H and O–H groups in total. The quantitative estimate of drug-likeness (QED) is 0.209. The zero-order valence-electron chi connectivity index (χ0n) is 22.5. The molecule has 0 bridgehead atoms. The molecule has 39 heavy (non-hydrogen) atoms. The number of ether oxygens (including phenoxy) is 1. The topological polar surface area (TPSA) is 105 Å². The van der Waals surface area contributed by atoms with Crippen LogP contribution in [0.15, 0.2) is 79.9 Å². The highest BCUT2D eigenvalue weighted by Crippen LogP contribution is 2.16. The summed E-state index contributed by atoms with van der Waals surface area (Å²) < 4.78 is 18.6. The molecule has 210 valence electrons. The van der Waals surface area contributed by atoms with Crippen molar-refractivity contribution in [3.8, 4) is 0 Å². The molecule has 2 aromatic rings. The van der Waals surface area contributed by atoms with Crippen LogP contribution in [-0.2, 0) is 32.0 Å². The molecule has 0 saturated carbocycles. The smallest absolute Gasteiger partial charge is 0.309 e. The summed E-state index contributed by atoms with van der Waals surface area (Å²) in [7, 11) is 0. The Morgan fingerprint density at radius 2 is 1.54 bits per heavy atom. The average molecular weight is 539 g/mol. The second-order valence-electron chi connectivity index (χ2n) is 9.65. The maximum atomic E-state index is 13.2. The number of aliphatic hydroxyl groups is 1. The highest BCUT2D eigenvalue weighted by molar-refractivity contribution is 5.86. The molecule has 0 heterocycles. The van der Waals surface area contributed by atoms with Crippen LogP contribution in [0.4, 0.5) is 4.39 Å². The molecule has 0 aliphatic carbocycles. The highest BCUT2D eigenvalue weighted by Gasteiger charge is 2.25. The lowest BCUT2D eigenvalue weighted by molar-refractivity contribution is -0.149. The van der Waals surface area contributed by atoms with E-state index in [1.165, 1.54) is 12.1 Å². The van der Waals surface area contributed by atoms with Crippen molar-refractivity contribution in [1.82, 2.24) is 10.6 Å². The minimum absolute atomic E-state index is 0.0434. The van der Waals surface area contributed by atoms with E-state index in [0.29, 0.717) is 19.3 Å². The number of halogens is 1. The lowest BCUT2D eigenvalue weighted by Gasteiger charge is -2.22. The summed E-state index contributed by atoms with van der Waals surface area (Å²) in [4.78, 5) is 38.3. The summed E-state index contributed by atoms with van der Waals surface area (Å²) in [6.45, 7) is 8.82. The SMILES string of the molecule is C=CC[C@@H](CC(=O)N[C@H](CO)Cc1ccccc1)C(=O)N[C@@H](C)COC(=O)[C@@H](CC=C)Cc1ccc(F)cc1. The number of amides is 2. The van der Waals surface area contributed by atoms with Crippen molar-refractivity contribution < 1.29 is 28.6 Å². The lowest BCUT2D eigenvalue weighted by atomic mass is 9.96. The predicted molar refractivity (Wildman–Crippen MR) is 149 cm³/mol. The van der Waals surface area contributed by atoms with Gasteiger partial charge in [0.15, 0.2) is 0 Å². The molecule has 0 radical (unpaired) electrons. The zero-order valence-corrected chi connectivity index (χ0v) is 22.5. The molecule has 8 heteroatoms. The summed E-state index contributed by atoms with van der Waals surface area (Å²) >= 11 is 0. The van der Waals surface area contributed by atoms with Crippen LogP contribution in [0.1, 0.15) is 37.3 Å². The second kappa shape index (κ2) is 16.9. The summed E-state index contributed by atoms with van der Waals surface area (Å²) in [5.74, 6) is -2.63. The van der Waals surface area contributed by atoms with Crippen LogP contribution in [-0.4, -0.2) is 48.2 Å². The number of carbonyl (C=O) groups excluding carboxylic acids is 3. The van der Waals surface area contributed by atoms with Crippen molar-refractivity contribution in [2.75, 3.05) is 13.2 Å². The van der Waals surface area contributed by atoms with Crippen molar-refractivity contribution >= 4 is 17.8 Å². The van der Waals surface area contributed by atoms with Crippen molar-refractivity contribution in [2.24, 2.45) is 11.8 Å². The van der Waals surface area contributed by atoms with Crippen molar-refractivity contribution in [3.05, 3.63) is 96.9 Å². The fourth-order valence-electron chi connectivity index (χ4n) is 4.15. The molecule has 0 saturated heterocycles. The Hall–Kier alpha value is -3.78. The molecule has 2 amide bonds. The van der Waals surface area contributed by atoms with Crippen LogP contribution in [0.25, 0.3) is 0 Å². The third-order valence-electron chi connectivity index (χ3n) is 6.21. The van der Waals surface area contributed by atoms with Gasteiger partial charge in [-0.1, -0.05) is 54.6 Å². The molecule has 0 spiro atoms. The van der Waals surface area contributed by atoms with E-state index in [9.17, 15) is 23.9 Å². The van der Waals surface area contributed by atoms with Gasteiger partial charge in [-0.2, -0.15) is 0 Å². The number of nitrogens with one attached hydrogen (secondary N) is 2. The van der Waals surface area contributed by atoms with E-state index in [1.54, 1.807) is 31.2 Å². The Balaban J connectivity index is 1.86. The minimum atomic E-state index is -0.663. The molecule has 4 atom stereocenters. The number of carbonyl (C=O) groups is 3. The van der Waals surface area contributed by atoms with Gasteiger partial charge in [-0.05, 0) is 55.9 Å². The average Bonchev–Trinajstić information content (AvgIpc) is 2.92. The van der Waals surface area contributed by atoms with Gasteiger partial charge in [-0.25, -0.2) is 4.39 Å². The molecule has 0 unspecified atom stereocenters. The first-order chi connectivity index (χ1) is 18.7. The van der Waals surface area contributed by atoms with Crippen molar-refractivity contribution in [3.63, 3.8) is 0 Å². The standard InChI is InChI=1S/C31H39FN2O5/c1-4-9-25(19-29(36)34-28(20-35)18-23-11-7-6-8-12-23)30(37)33-22(3)21-39-31(38)26(10-5-2)17-24-13-15-27(32)16-14-24/h4-8,11-16,22,25-26,28,35H,1-2,9-10,17-21H2,3H3,(H,33,37)(H,34,36)/t22-,25-,26-,28-/m0/s1. The van der Waals surface area contributed by atoms with Crippen LogP contribution >= 0.6 is 0 Å². The maximum absolute atomic E-state index is 13.2. The Bertz CT molecular complexity index is 1070. The Labute approximate surface area is 230 Å². The largest absolute Gasteiger partial charge is 0.463 e. The Morgan fingerprint density at radius 3 is 2.15 bits per heavy atom. The van der Waals surface area contributed by atoms with Gasteiger partial charge in [0.1, 0.15) is 12.4 Å². The number of hydrogen-bond acceptors (Lipinski definition) is 5. The molecule has 7 nitrogen and oxygen atoms in total. The van der Waals surface area contributed by atoms with E-state index in [-0.39, 0.29) is 43.7 Å². The van der Waals surface area contributed by atoms with Crippen LogP contribution < -0.4 is 10.6 Å². The molecule has 0 aliphatic heterocycles. The number of hydrogen-bond donors (Lipinski definition) is 3. The van der Waals surface area contributed by atoms with Crippen molar-refractivity contribution in [2.45, 2.75) is 51.1 Å². The molecule has 0 aliphatic rings. The van der Waals surface area contributed by atoms with Gasteiger partial charge < -0.3 is 20.5 Å². The Morgan fingerprint density at radius 1 is 0.923 bits per heavy atom. The number of esters is 1. The fourth-order valence-corrected chi connectivity index (χ4v) is 4.15. The monoisotopic (exact) mass is 538 g/mol. The molecule has 0 aromatic heterocycles. The molecular formula is C31H39FN2O5. The first-order valence-corrected chi connectivity index (χ1v) is 13.1. The number of rotatable bonds is 17. The van der Waals surface area contributed by atoms with Gasteiger partial charge in [0.05, 0.1) is 30.5 Å². The number of benzene rings is 2. The van der Waals surface area contributed by atoms with E-state index in [0.717, 1.165) is 11.1 Å². The summed E-state index contributed by atoms with van der Waals surface area (Å²) in [5, 5.41) is 15.3. The first kappa shape index (κ1) is 31.4. The van der Waals surface area contributed by atoms with Gasteiger partial charge in [0, 0.05) is 6.42 Å². The van der Waals surface area contributed by atoms with Gasteiger partial charge in [-0.3, -0.25) is 14.4 Å². The predicted octanol–water partition coefficient (Wildman–Crippen LogP) is 3.91. The maximum Gasteiger partial charge on any atom is 0.309 e. The van der Waals surface area contributed by atoms with E-state index < -0.39 is 29.9 Å². The number of allylic oxidation sites excluding steroid dienone is 2. The summed E-state index contributed by atoms with van der Waals surface area (Å²) in [5.41, 5.74) is 1.79. The van der Waals surface area contributed by atoms with E-state index in [4.69, 9.17) is 4.74 Å². The lowest BCUT2D eigenvalue weighted by Crippen LogP contribution is -2.44. The van der Waals surface area contributed by atoms with E-state index in [1.807, 2.05) is 30.3 Å². The third kappa shape index (κ3) is 11.7. The second-order valence-corrected chi connectivity index (χ2v) is 9.65. The highest BCUT2D eigenvalue weighted by atomic mass is 19.1. The Kier molecular flexibility index (Phi) is 13.7. The minimum Gasteiger partial charge on any atom is -0.463 e. The number of aliphatic hydroxyl groups excluding tert-OH is 1. The molecule has 0 fully saturated rings. The molecule has 2 aromatic carbocycles. The van der Waals surface area contributed by atoms with Crippen LogP contribution in [0.3, 0.4) is 0 Å². The van der Waals surface area contributed by atoms with E-state index >= 15 is 0 Å². The van der Waals surface area contributed by atoms with Gasteiger partial charge in [0.2, 0.25) is 11.8 Å². The van der Waals surface area contributed by atoms with Crippen LogP contribution in [0, 0.1) is 17.7 Å². The van der Waals surface area contributed by atoms with Gasteiger partial charge in [-0.15, -0.1) is 13.2 Å². The normalized spacial score (nSPS) is 13.8. The van der Waals surface area contributed by atoms with Gasteiger partial charge >= 0.3 is 5.97 Å². The van der Waals surface area contributed by atoms with Crippen LogP contribution in [0.5, 0.6) is 0 Å². The summed E-state index contributed by atoms with van der Waals surface area (Å²) in [6.07, 6.45) is 4.66. The molecular weight excluding hydrogens is 499 g/mol. The van der Waals surface area contributed by atoms with Gasteiger partial charge in [0.25, 0.3) is 0 Å². The van der Waals surface area contributed by atoms with E-state index in [2.05, 4.69) is 23.8 Å². The first-order valence-electron chi connectivity index (χ1n) is 13.1. The zero-order chi connectivity index (χ0) is 28.6. The van der Waals surface area contributed by atoms with Crippen LogP contribution in [0.2, 0.25) is 0 Å². The third-order valence-corrected chi connectivity index (χ3v) is 6.21. The summed E-state index contributed by atoms with van der Waals surface area (Å²) in [6, 6.07) is 14.5. The fraction of sp³-hybridized carbons (Fsp3) is 0.387.